The van der Waals surface area contributed by atoms with Crippen LogP contribution in [0.2, 0.25) is 0 Å². The minimum Gasteiger partial charge on any atom is -0.504 e. The standard InChI is InChI=1S/C22H27NO6/c1-13(24)29-22-12-23(2)17(15-11-20(27-4)18(25)10-16(15)22)8-14-6-7-19(26-3)21(9-14)28-5/h6-7,9-11,17,22,25H,8,12H2,1-5H3. The molecule has 0 spiro atoms. The number of ether oxygens (including phenoxy) is 4. The van der Waals surface area contributed by atoms with Crippen molar-refractivity contribution < 1.29 is 28.8 Å². The molecule has 1 aliphatic heterocycles. The topological polar surface area (TPSA) is 77.5 Å². The van der Waals surface area contributed by atoms with Gasteiger partial charge in [0.25, 0.3) is 0 Å². The van der Waals surface area contributed by atoms with Crippen molar-refractivity contribution >= 4 is 5.97 Å². The lowest BCUT2D eigenvalue weighted by molar-refractivity contribution is -0.148. The summed E-state index contributed by atoms with van der Waals surface area (Å²) in [5.41, 5.74) is 2.82. The second-order valence-corrected chi connectivity index (χ2v) is 7.10. The maximum Gasteiger partial charge on any atom is 0.303 e. The maximum absolute atomic E-state index is 11.6. The van der Waals surface area contributed by atoms with Gasteiger partial charge in [0.15, 0.2) is 23.0 Å². The van der Waals surface area contributed by atoms with Crippen molar-refractivity contribution in [3.05, 3.63) is 47.0 Å². The van der Waals surface area contributed by atoms with E-state index in [2.05, 4.69) is 4.90 Å². The third-order valence-corrected chi connectivity index (χ3v) is 5.26. The normalized spacial score (nSPS) is 18.7. The number of likely N-dealkylation sites (N-methyl/N-ethyl adjacent to an activating group) is 1. The van der Waals surface area contributed by atoms with Crippen LogP contribution in [0.25, 0.3) is 0 Å². The van der Waals surface area contributed by atoms with Gasteiger partial charge in [0.05, 0.1) is 21.3 Å². The summed E-state index contributed by atoms with van der Waals surface area (Å²) < 4.78 is 21.6. The zero-order valence-electron chi connectivity index (χ0n) is 17.4. The van der Waals surface area contributed by atoms with Gasteiger partial charge in [0.1, 0.15) is 6.10 Å². The minimum absolute atomic E-state index is 0.00408. The fraction of sp³-hybridized carbons (Fsp3) is 0.409. The van der Waals surface area contributed by atoms with Crippen LogP contribution < -0.4 is 14.2 Å². The molecule has 0 saturated carbocycles. The number of phenols is 1. The number of fused-ring (bicyclic) bond motifs is 1. The van der Waals surface area contributed by atoms with Crippen LogP contribution in [0.3, 0.4) is 0 Å². The highest BCUT2D eigenvalue weighted by atomic mass is 16.5. The average Bonchev–Trinajstić information content (AvgIpc) is 2.70. The SMILES string of the molecule is COc1cc2c(cc1O)C(OC(C)=O)CN(C)C2Cc1ccc(OC)c(OC)c1. The number of phenolic OH excluding ortho intramolecular Hbond substituents is 1. The van der Waals surface area contributed by atoms with Crippen LogP contribution in [0.15, 0.2) is 30.3 Å². The van der Waals surface area contributed by atoms with Gasteiger partial charge in [0, 0.05) is 25.1 Å². The Bertz CT molecular complexity index is 897. The van der Waals surface area contributed by atoms with Crippen LogP contribution in [0.5, 0.6) is 23.0 Å². The molecule has 1 heterocycles. The number of benzene rings is 2. The Labute approximate surface area is 170 Å². The molecule has 2 atom stereocenters. The molecular weight excluding hydrogens is 374 g/mol. The highest BCUT2D eigenvalue weighted by Crippen LogP contribution is 2.43. The van der Waals surface area contributed by atoms with Crippen molar-refractivity contribution in [1.29, 1.82) is 0 Å². The summed E-state index contributed by atoms with van der Waals surface area (Å²) in [7, 11) is 6.72. The molecule has 0 saturated heterocycles. The lowest BCUT2D eigenvalue weighted by Gasteiger charge is -2.39. The van der Waals surface area contributed by atoms with Gasteiger partial charge in [-0.05, 0) is 48.9 Å². The molecule has 7 heteroatoms. The molecule has 7 nitrogen and oxygen atoms in total. The van der Waals surface area contributed by atoms with E-state index in [1.54, 1.807) is 20.3 Å². The first-order chi connectivity index (χ1) is 13.9. The van der Waals surface area contributed by atoms with Crippen LogP contribution in [0, 0.1) is 0 Å². The third-order valence-electron chi connectivity index (χ3n) is 5.26. The second kappa shape index (κ2) is 8.61. The van der Waals surface area contributed by atoms with Crippen molar-refractivity contribution in [2.45, 2.75) is 25.5 Å². The summed E-state index contributed by atoms with van der Waals surface area (Å²) in [5.74, 6) is 1.40. The smallest absolute Gasteiger partial charge is 0.303 e. The Balaban J connectivity index is 2.02. The van der Waals surface area contributed by atoms with E-state index in [4.69, 9.17) is 18.9 Å². The first-order valence-corrected chi connectivity index (χ1v) is 9.37. The number of rotatable bonds is 6. The number of esters is 1. The van der Waals surface area contributed by atoms with Crippen LogP contribution in [0.4, 0.5) is 0 Å². The van der Waals surface area contributed by atoms with Gasteiger partial charge in [-0.1, -0.05) is 6.07 Å². The molecule has 29 heavy (non-hydrogen) atoms. The number of hydrogen-bond donors (Lipinski definition) is 1. The quantitative estimate of drug-likeness (QED) is 0.745. The Morgan fingerprint density at radius 1 is 1.03 bits per heavy atom. The molecule has 3 rings (SSSR count). The first-order valence-electron chi connectivity index (χ1n) is 9.37. The van der Waals surface area contributed by atoms with Crippen LogP contribution in [-0.4, -0.2) is 50.9 Å². The molecule has 1 N–H and O–H groups in total. The van der Waals surface area contributed by atoms with Crippen molar-refractivity contribution in [2.75, 3.05) is 34.9 Å². The molecule has 0 bridgehead atoms. The van der Waals surface area contributed by atoms with E-state index in [-0.39, 0.29) is 17.8 Å². The van der Waals surface area contributed by atoms with Gasteiger partial charge < -0.3 is 24.1 Å². The van der Waals surface area contributed by atoms with Gasteiger partial charge >= 0.3 is 5.97 Å². The number of nitrogens with zero attached hydrogens (tertiary/aromatic N) is 1. The molecule has 2 aromatic carbocycles. The molecule has 1 aliphatic rings. The van der Waals surface area contributed by atoms with Gasteiger partial charge in [-0.15, -0.1) is 0 Å². The molecule has 2 aromatic rings. The first kappa shape index (κ1) is 20.8. The molecule has 0 aromatic heterocycles. The molecule has 0 amide bonds. The Morgan fingerprint density at radius 2 is 1.72 bits per heavy atom. The number of methoxy groups -OCH3 is 3. The van der Waals surface area contributed by atoms with Crippen molar-refractivity contribution in [2.24, 2.45) is 0 Å². The highest BCUT2D eigenvalue weighted by Gasteiger charge is 2.34. The van der Waals surface area contributed by atoms with E-state index in [1.807, 2.05) is 31.3 Å². The van der Waals surface area contributed by atoms with Gasteiger partial charge in [-0.3, -0.25) is 9.69 Å². The zero-order valence-corrected chi connectivity index (χ0v) is 17.4. The third kappa shape index (κ3) is 4.24. The number of hydrogen-bond acceptors (Lipinski definition) is 7. The fourth-order valence-electron chi connectivity index (χ4n) is 3.85. The predicted octanol–water partition coefficient (Wildman–Crippen LogP) is 3.25. The number of carbonyl (C=O) groups is 1. The summed E-state index contributed by atoms with van der Waals surface area (Å²) >= 11 is 0. The summed E-state index contributed by atoms with van der Waals surface area (Å²) in [6.07, 6.45) is 0.246. The molecule has 0 fully saturated rings. The van der Waals surface area contributed by atoms with E-state index < -0.39 is 6.10 Å². The summed E-state index contributed by atoms with van der Waals surface area (Å²) in [6, 6.07) is 9.31. The van der Waals surface area contributed by atoms with Gasteiger partial charge in [0.2, 0.25) is 0 Å². The minimum atomic E-state index is -0.453. The lowest BCUT2D eigenvalue weighted by Crippen LogP contribution is -2.37. The van der Waals surface area contributed by atoms with E-state index in [0.717, 1.165) is 16.7 Å². The zero-order chi connectivity index (χ0) is 21.1. The van der Waals surface area contributed by atoms with Crippen LogP contribution in [0.1, 0.15) is 35.8 Å². The number of carbonyl (C=O) groups excluding carboxylic acids is 1. The lowest BCUT2D eigenvalue weighted by atomic mass is 9.87. The Kier molecular flexibility index (Phi) is 6.17. The second-order valence-electron chi connectivity index (χ2n) is 7.10. The number of aromatic hydroxyl groups is 1. The van der Waals surface area contributed by atoms with E-state index in [9.17, 15) is 9.90 Å². The van der Waals surface area contributed by atoms with Crippen molar-refractivity contribution in [3.63, 3.8) is 0 Å². The molecule has 0 aliphatic carbocycles. The molecular formula is C22H27NO6. The van der Waals surface area contributed by atoms with Crippen molar-refractivity contribution in [1.82, 2.24) is 4.90 Å². The maximum atomic E-state index is 11.6. The largest absolute Gasteiger partial charge is 0.504 e. The van der Waals surface area contributed by atoms with Gasteiger partial charge in [-0.25, -0.2) is 0 Å². The molecule has 156 valence electrons. The van der Waals surface area contributed by atoms with Crippen molar-refractivity contribution in [3.8, 4) is 23.0 Å². The fourth-order valence-corrected chi connectivity index (χ4v) is 3.85. The van der Waals surface area contributed by atoms with E-state index in [1.165, 1.54) is 14.0 Å². The van der Waals surface area contributed by atoms with E-state index >= 15 is 0 Å². The van der Waals surface area contributed by atoms with Crippen LogP contribution >= 0.6 is 0 Å². The molecule has 2 unspecified atom stereocenters. The molecule has 0 radical (unpaired) electrons. The predicted molar refractivity (Wildman–Crippen MR) is 108 cm³/mol. The van der Waals surface area contributed by atoms with E-state index in [0.29, 0.717) is 30.2 Å². The Morgan fingerprint density at radius 3 is 2.34 bits per heavy atom. The van der Waals surface area contributed by atoms with Gasteiger partial charge in [-0.2, -0.15) is 0 Å². The van der Waals surface area contributed by atoms with Crippen LogP contribution in [-0.2, 0) is 16.0 Å². The summed E-state index contributed by atoms with van der Waals surface area (Å²) in [4.78, 5) is 13.7. The summed E-state index contributed by atoms with van der Waals surface area (Å²) in [5, 5.41) is 10.3. The average molecular weight is 401 g/mol. The Hall–Kier alpha value is -2.93. The monoisotopic (exact) mass is 401 g/mol. The summed E-state index contributed by atoms with van der Waals surface area (Å²) in [6.45, 7) is 1.91. The highest BCUT2D eigenvalue weighted by molar-refractivity contribution is 5.66.